The van der Waals surface area contributed by atoms with E-state index < -0.39 is 0 Å². The van der Waals surface area contributed by atoms with E-state index in [0.29, 0.717) is 13.2 Å². The summed E-state index contributed by atoms with van der Waals surface area (Å²) in [4.78, 5) is 14.8. The number of rotatable bonds is 5. The predicted octanol–water partition coefficient (Wildman–Crippen LogP) is 1.39. The van der Waals surface area contributed by atoms with Crippen molar-refractivity contribution in [2.45, 2.75) is 32.4 Å². The van der Waals surface area contributed by atoms with E-state index in [-0.39, 0.29) is 17.4 Å². The van der Waals surface area contributed by atoms with Gasteiger partial charge in [0.05, 0.1) is 6.61 Å². The van der Waals surface area contributed by atoms with Gasteiger partial charge in [0.1, 0.15) is 6.10 Å². The number of morpholine rings is 1. The number of nitrogens with zero attached hydrogens (tertiary/aromatic N) is 1. The fourth-order valence-corrected chi connectivity index (χ4v) is 3.47. The minimum absolute atomic E-state index is 0.0347. The molecular formula is C19H29N3O2. The van der Waals surface area contributed by atoms with Gasteiger partial charge < -0.3 is 15.4 Å². The van der Waals surface area contributed by atoms with Crippen LogP contribution in [0.5, 0.6) is 0 Å². The van der Waals surface area contributed by atoms with Crippen molar-refractivity contribution in [1.82, 2.24) is 15.5 Å². The summed E-state index contributed by atoms with van der Waals surface area (Å²) in [5.74, 6) is 0.0347. The summed E-state index contributed by atoms with van der Waals surface area (Å²) in [6.07, 6.45) is 1.87. The largest absolute Gasteiger partial charge is 0.366 e. The molecule has 3 rings (SSSR count). The molecule has 24 heavy (non-hydrogen) atoms. The van der Waals surface area contributed by atoms with E-state index in [1.807, 2.05) is 6.07 Å². The van der Waals surface area contributed by atoms with Crippen LogP contribution in [0.25, 0.3) is 0 Å². The number of amides is 1. The van der Waals surface area contributed by atoms with Gasteiger partial charge in [0, 0.05) is 26.2 Å². The fourth-order valence-electron chi connectivity index (χ4n) is 3.47. The minimum Gasteiger partial charge on any atom is -0.366 e. The van der Waals surface area contributed by atoms with Crippen LogP contribution in [-0.4, -0.2) is 56.2 Å². The third kappa shape index (κ3) is 4.79. The molecule has 2 aliphatic heterocycles. The maximum absolute atomic E-state index is 12.5. The molecule has 1 amide bonds. The smallest absolute Gasteiger partial charge is 0.250 e. The van der Waals surface area contributed by atoms with E-state index in [2.05, 4.69) is 46.7 Å². The van der Waals surface area contributed by atoms with Crippen LogP contribution in [0.15, 0.2) is 30.3 Å². The Labute approximate surface area is 144 Å². The summed E-state index contributed by atoms with van der Waals surface area (Å²) < 4.78 is 5.71. The molecule has 2 heterocycles. The molecule has 5 heteroatoms. The van der Waals surface area contributed by atoms with E-state index in [1.165, 1.54) is 5.56 Å². The van der Waals surface area contributed by atoms with Gasteiger partial charge in [0.25, 0.3) is 0 Å². The normalized spacial score (nSPS) is 24.5. The van der Waals surface area contributed by atoms with Crippen LogP contribution in [-0.2, 0) is 16.1 Å². The van der Waals surface area contributed by atoms with E-state index in [0.717, 1.165) is 45.6 Å². The topological polar surface area (TPSA) is 53.6 Å². The molecule has 2 aliphatic rings. The summed E-state index contributed by atoms with van der Waals surface area (Å²) >= 11 is 0. The Morgan fingerprint density at radius 1 is 1.33 bits per heavy atom. The average Bonchev–Trinajstić information content (AvgIpc) is 2.61. The molecular weight excluding hydrogens is 302 g/mol. The molecule has 5 nitrogen and oxygen atoms in total. The zero-order valence-electron chi connectivity index (χ0n) is 14.6. The second-order valence-electron chi connectivity index (χ2n) is 7.36. The molecule has 0 saturated carbocycles. The summed E-state index contributed by atoms with van der Waals surface area (Å²) in [6.45, 7) is 8.11. The first-order valence-electron chi connectivity index (χ1n) is 9.01. The van der Waals surface area contributed by atoms with Gasteiger partial charge in [-0.25, -0.2) is 0 Å². The molecule has 2 N–H and O–H groups in total. The highest BCUT2D eigenvalue weighted by Gasteiger charge is 2.30. The van der Waals surface area contributed by atoms with Crippen molar-refractivity contribution in [1.29, 1.82) is 0 Å². The quantitative estimate of drug-likeness (QED) is 0.856. The Morgan fingerprint density at radius 3 is 2.83 bits per heavy atom. The molecule has 2 fully saturated rings. The van der Waals surface area contributed by atoms with Crippen molar-refractivity contribution in [3.05, 3.63) is 35.9 Å². The maximum Gasteiger partial charge on any atom is 0.250 e. The van der Waals surface area contributed by atoms with Crippen LogP contribution < -0.4 is 10.6 Å². The van der Waals surface area contributed by atoms with Crippen molar-refractivity contribution >= 4 is 5.91 Å². The van der Waals surface area contributed by atoms with Gasteiger partial charge in [0.2, 0.25) is 5.91 Å². The molecule has 1 unspecified atom stereocenters. The van der Waals surface area contributed by atoms with Gasteiger partial charge in [-0.2, -0.15) is 0 Å². The van der Waals surface area contributed by atoms with Gasteiger partial charge in [-0.15, -0.1) is 0 Å². The Kier molecular flexibility index (Phi) is 5.87. The van der Waals surface area contributed by atoms with Crippen molar-refractivity contribution in [3.63, 3.8) is 0 Å². The third-order valence-corrected chi connectivity index (χ3v) is 5.19. The average molecular weight is 331 g/mol. The second kappa shape index (κ2) is 8.10. The van der Waals surface area contributed by atoms with Gasteiger partial charge >= 0.3 is 0 Å². The van der Waals surface area contributed by atoms with Crippen molar-refractivity contribution in [2.24, 2.45) is 5.41 Å². The van der Waals surface area contributed by atoms with Gasteiger partial charge in [-0.3, -0.25) is 9.69 Å². The van der Waals surface area contributed by atoms with Crippen LogP contribution in [0.4, 0.5) is 0 Å². The summed E-state index contributed by atoms with van der Waals surface area (Å²) in [5.41, 5.74) is 1.49. The molecule has 0 aliphatic carbocycles. The van der Waals surface area contributed by atoms with Crippen molar-refractivity contribution < 1.29 is 9.53 Å². The summed E-state index contributed by atoms with van der Waals surface area (Å²) in [6, 6.07) is 10.4. The van der Waals surface area contributed by atoms with Crippen LogP contribution >= 0.6 is 0 Å². The Bertz CT molecular complexity index is 529. The molecule has 0 radical (unpaired) electrons. The van der Waals surface area contributed by atoms with Crippen LogP contribution in [0.1, 0.15) is 25.3 Å². The number of hydrogen-bond donors (Lipinski definition) is 2. The number of hydrogen-bond acceptors (Lipinski definition) is 4. The highest BCUT2D eigenvalue weighted by molar-refractivity contribution is 5.81. The monoisotopic (exact) mass is 331 g/mol. The predicted molar refractivity (Wildman–Crippen MR) is 94.7 cm³/mol. The number of carbonyl (C=O) groups excluding carboxylic acids is 1. The third-order valence-electron chi connectivity index (χ3n) is 5.19. The lowest BCUT2D eigenvalue weighted by Gasteiger charge is -2.36. The fraction of sp³-hybridized carbons (Fsp3) is 0.632. The van der Waals surface area contributed by atoms with E-state index in [9.17, 15) is 4.79 Å². The molecule has 132 valence electrons. The zero-order chi connectivity index (χ0) is 16.8. The second-order valence-corrected chi connectivity index (χ2v) is 7.36. The van der Waals surface area contributed by atoms with Crippen LogP contribution in [0.3, 0.4) is 0 Å². The highest BCUT2D eigenvalue weighted by atomic mass is 16.5. The first-order chi connectivity index (χ1) is 11.6. The molecule has 0 bridgehead atoms. The first-order valence-corrected chi connectivity index (χ1v) is 9.01. The van der Waals surface area contributed by atoms with E-state index >= 15 is 0 Å². The van der Waals surface area contributed by atoms with Gasteiger partial charge in [-0.1, -0.05) is 37.3 Å². The molecule has 1 aromatic carbocycles. The molecule has 1 atom stereocenters. The minimum atomic E-state index is -0.354. The Hall–Kier alpha value is -1.43. The van der Waals surface area contributed by atoms with Crippen molar-refractivity contribution in [3.8, 4) is 0 Å². The van der Waals surface area contributed by atoms with Crippen molar-refractivity contribution in [2.75, 3.05) is 39.3 Å². The summed E-state index contributed by atoms with van der Waals surface area (Å²) in [5, 5.41) is 6.50. The van der Waals surface area contributed by atoms with Crippen LogP contribution in [0, 0.1) is 5.41 Å². The maximum atomic E-state index is 12.5. The van der Waals surface area contributed by atoms with Gasteiger partial charge in [-0.05, 0) is 36.9 Å². The number of ether oxygens (including phenoxy) is 1. The molecule has 0 spiro atoms. The van der Waals surface area contributed by atoms with Crippen LogP contribution in [0.2, 0.25) is 0 Å². The molecule has 2 saturated heterocycles. The number of carbonyl (C=O) groups is 1. The Morgan fingerprint density at radius 2 is 2.08 bits per heavy atom. The lowest BCUT2D eigenvalue weighted by molar-refractivity contribution is -0.139. The number of benzene rings is 1. The standard InChI is InChI=1S/C19H29N3O2/c1-19(7-9-20-10-8-19)15-21-18(23)17-14-22(11-12-24-17)13-16-5-3-2-4-6-16/h2-6,17,20H,7-15H2,1H3,(H,21,23). The zero-order valence-corrected chi connectivity index (χ0v) is 14.6. The number of nitrogens with one attached hydrogen (secondary N) is 2. The molecule has 0 aromatic heterocycles. The highest BCUT2D eigenvalue weighted by Crippen LogP contribution is 2.26. The first kappa shape index (κ1) is 17.4. The van der Waals surface area contributed by atoms with Gasteiger partial charge in [0.15, 0.2) is 0 Å². The summed E-state index contributed by atoms with van der Waals surface area (Å²) in [7, 11) is 0. The lowest BCUT2D eigenvalue weighted by Crippen LogP contribution is -2.51. The number of piperidine rings is 1. The SMILES string of the molecule is CC1(CNC(=O)C2CN(Cc3ccccc3)CCO2)CCNCC1. The molecule has 1 aromatic rings. The lowest BCUT2D eigenvalue weighted by atomic mass is 9.81. The van der Waals surface area contributed by atoms with E-state index in [4.69, 9.17) is 4.74 Å². The van der Waals surface area contributed by atoms with E-state index in [1.54, 1.807) is 0 Å². The Balaban J connectivity index is 1.48.